The van der Waals surface area contributed by atoms with Crippen molar-refractivity contribution >= 4 is 61.6 Å². The molecule has 0 saturated carbocycles. The van der Waals surface area contributed by atoms with Crippen LogP contribution in [0.15, 0.2) is 173 Å². The molecule has 96 heavy (non-hydrogen) atoms. The van der Waals surface area contributed by atoms with Crippen molar-refractivity contribution in [2.45, 2.75) is 86.5 Å². The predicted molar refractivity (Wildman–Crippen MR) is 342 cm³/mol. The molecule has 3 aliphatic heterocycles. The number of hydrogen-bond acceptors (Lipinski definition) is 26. The van der Waals surface area contributed by atoms with Crippen LogP contribution in [0.25, 0.3) is 11.2 Å². The van der Waals surface area contributed by atoms with Crippen molar-refractivity contribution in [3.05, 3.63) is 222 Å². The zero-order valence-electron chi connectivity index (χ0n) is 50.9. The molecule has 4 aromatic heterocycles. The van der Waals surface area contributed by atoms with E-state index in [9.17, 15) is 29.7 Å². The molecular formula is C62H62Cl2N10O20P2. The van der Waals surface area contributed by atoms with Crippen LogP contribution in [0, 0.1) is 6.92 Å². The van der Waals surface area contributed by atoms with E-state index in [-0.39, 0.29) is 56.3 Å². The lowest BCUT2D eigenvalue weighted by atomic mass is 9.80. The molecule has 9 aromatic rings. The first-order valence-electron chi connectivity index (χ1n) is 29.5. The number of methoxy groups -OCH3 is 2. The van der Waals surface area contributed by atoms with Crippen LogP contribution in [0.2, 0.25) is 10.0 Å². The third-order valence-electron chi connectivity index (χ3n) is 16.1. The zero-order valence-corrected chi connectivity index (χ0v) is 54.2. The van der Waals surface area contributed by atoms with Gasteiger partial charge in [0.1, 0.15) is 101 Å². The number of aromatic amines is 1. The van der Waals surface area contributed by atoms with Crippen LogP contribution < -0.4 is 46.9 Å². The van der Waals surface area contributed by atoms with Crippen molar-refractivity contribution in [1.29, 1.82) is 0 Å². The largest absolute Gasteiger partial charge is 0.530 e. The Morgan fingerprint density at radius 1 is 0.635 bits per heavy atom. The van der Waals surface area contributed by atoms with E-state index in [4.69, 9.17) is 90.2 Å². The molecule has 504 valence electrons. The van der Waals surface area contributed by atoms with Gasteiger partial charge in [-0.3, -0.25) is 41.6 Å². The minimum Gasteiger partial charge on any atom is -0.497 e. The minimum atomic E-state index is -5.26. The summed E-state index contributed by atoms with van der Waals surface area (Å²) < 4.78 is 110. The van der Waals surface area contributed by atoms with Crippen LogP contribution in [0.1, 0.15) is 47.4 Å². The lowest BCUT2D eigenvalue weighted by Crippen LogP contribution is -2.39. The highest BCUT2D eigenvalue weighted by molar-refractivity contribution is 7.49. The summed E-state index contributed by atoms with van der Waals surface area (Å²) in [5.41, 5.74) is 10.2. The van der Waals surface area contributed by atoms with E-state index in [1.54, 1.807) is 24.3 Å². The summed E-state index contributed by atoms with van der Waals surface area (Å²) in [6.07, 6.45) is -13.2. The number of aromatic nitrogens is 8. The third kappa shape index (κ3) is 14.2. The Labute approximate surface area is 554 Å². The van der Waals surface area contributed by atoms with Crippen LogP contribution in [-0.2, 0) is 51.8 Å². The predicted octanol–water partition coefficient (Wildman–Crippen LogP) is 6.78. The maximum absolute atomic E-state index is 16.1. The topological polar surface area (TPSA) is 391 Å². The molecule has 34 heteroatoms. The van der Waals surface area contributed by atoms with E-state index >= 15 is 9.13 Å². The summed E-state index contributed by atoms with van der Waals surface area (Å²) in [6.45, 7) is -0.704. The van der Waals surface area contributed by atoms with E-state index < -0.39 is 126 Å². The summed E-state index contributed by atoms with van der Waals surface area (Å²) in [6, 6.07) is 36.1. The number of nitrogens with two attached hydrogens (primary N) is 2. The summed E-state index contributed by atoms with van der Waals surface area (Å²) in [5.74, 6) is 0.684. The Morgan fingerprint density at radius 3 is 1.80 bits per heavy atom. The second-order valence-corrected chi connectivity index (χ2v) is 26.1. The molecule has 3 saturated heterocycles. The average molecular weight is 1400 g/mol. The number of phosphoric acid groups is 2. The second kappa shape index (κ2) is 28.4. The van der Waals surface area contributed by atoms with Crippen molar-refractivity contribution in [2.24, 2.45) is 0 Å². The molecular weight excluding hydrogens is 1340 g/mol. The lowest BCUT2D eigenvalue weighted by molar-refractivity contribution is -0.0949. The van der Waals surface area contributed by atoms with E-state index in [1.807, 2.05) is 54.6 Å². The van der Waals surface area contributed by atoms with Gasteiger partial charge in [0.25, 0.3) is 5.56 Å². The van der Waals surface area contributed by atoms with E-state index in [1.165, 1.54) is 99.0 Å². The van der Waals surface area contributed by atoms with Crippen LogP contribution in [-0.4, -0.2) is 137 Å². The average Bonchev–Trinajstić information content (AvgIpc) is 0.979. The Kier molecular flexibility index (Phi) is 20.0. The Bertz CT molecular complexity index is 4460. The molecule has 13 atom stereocenters. The third-order valence-corrected chi connectivity index (χ3v) is 19.4. The number of benzene rings is 5. The summed E-state index contributed by atoms with van der Waals surface area (Å²) >= 11 is 12.6. The molecule has 3 aliphatic rings. The van der Waals surface area contributed by atoms with E-state index in [2.05, 4.69) is 24.9 Å². The Balaban J connectivity index is 0.910. The normalized spacial score (nSPS) is 23.9. The van der Waals surface area contributed by atoms with Crippen molar-refractivity contribution in [1.82, 2.24) is 38.6 Å². The van der Waals surface area contributed by atoms with Gasteiger partial charge < -0.3 is 64.3 Å². The number of fused-ring (bicyclic) bond motifs is 1. The lowest BCUT2D eigenvalue weighted by Gasteiger charge is -2.37. The first-order valence-corrected chi connectivity index (χ1v) is 33.2. The van der Waals surface area contributed by atoms with Gasteiger partial charge in [-0.15, -0.1) is 0 Å². The van der Waals surface area contributed by atoms with Gasteiger partial charge in [0.15, 0.2) is 23.9 Å². The molecule has 0 bridgehead atoms. The van der Waals surface area contributed by atoms with Gasteiger partial charge in [-0.1, -0.05) is 77.8 Å². The number of nitrogen functional groups attached to an aromatic ring is 2. The number of halogens is 2. The fourth-order valence-electron chi connectivity index (χ4n) is 11.2. The molecule has 5 aromatic carbocycles. The monoisotopic (exact) mass is 1400 g/mol. The van der Waals surface area contributed by atoms with Gasteiger partial charge in [-0.25, -0.2) is 33.7 Å². The van der Waals surface area contributed by atoms with Crippen molar-refractivity contribution in [2.75, 3.05) is 45.5 Å². The zero-order chi connectivity index (χ0) is 67.6. The highest BCUT2D eigenvalue weighted by Crippen LogP contribution is 2.57. The summed E-state index contributed by atoms with van der Waals surface area (Å²) in [4.78, 5) is 58.0. The molecule has 30 nitrogen and oxygen atoms in total. The molecule has 0 aliphatic carbocycles. The standard InChI is InChI=1S/C62H62Cl2N10O20P2/c1-34-28-73(61(80)71-57(34)78)49-27-44(45(88-49)29-85-62(35-7-5-4-6-8-35,36-9-17-40(83-2)18-10-36)37-11-19-41(84-3)20-12-37)93-95(81,91-42-21-13-38(63)14-22-42)87-31-47-54(53(77)59(90-47)74-33-69-50-55(66)67-32-68-56(50)74)94-96(82,92-43-23-15-39(64)16-24-43)86-30-46-51(75)52(76)58(89-46)72-26-25-48(65)70-60(72)79/h4-26,28,32-33,44-47,49,51-54,58-59,75-77H,27,29-31H2,1-3H3,(H2,65,70,79)(H2,66,67,68)(H,71,78,80)/t44-,45+,46+,47+,49+,51+,52+,53+,54+,58+,59+,95?,96?/m0/s1. The van der Waals surface area contributed by atoms with E-state index in [0.29, 0.717) is 28.2 Å². The molecule has 8 N–H and O–H groups in total. The second-order valence-electron chi connectivity index (χ2n) is 22.2. The van der Waals surface area contributed by atoms with Gasteiger partial charge in [-0.05, 0) is 102 Å². The van der Waals surface area contributed by atoms with Gasteiger partial charge in [0.05, 0.1) is 40.4 Å². The smallest absolute Gasteiger partial charge is 0.497 e. The number of nitrogens with one attached hydrogen (secondary N) is 1. The van der Waals surface area contributed by atoms with Crippen LogP contribution in [0.4, 0.5) is 11.6 Å². The fraction of sp³-hybridized carbons (Fsp3) is 0.306. The van der Waals surface area contributed by atoms with Crippen molar-refractivity contribution in [3.63, 3.8) is 0 Å². The first kappa shape index (κ1) is 67.6. The van der Waals surface area contributed by atoms with Gasteiger partial charge in [-0.2, -0.15) is 4.98 Å². The SMILES string of the molecule is COc1ccc(C(OC[C@H]2O[C@@H](n3cc(C)c(=O)[nH]c3=O)C[C@@H]2OP(=O)(OC[C@H]2O[C@@H](n3cnc4c(N)ncnc43)[C@H](O)[C@@H]2OP(=O)(OC[C@H]2O[C@@H](n3ccc(N)nc3=O)[C@H](O)[C@@H]2O)Oc2ccc(Cl)cc2)Oc2ccc(Cl)cc2)(c2ccccc2)c2ccc(OC)cc2)cc1. The first-order chi connectivity index (χ1) is 46.1. The number of rotatable bonds is 25. The quantitative estimate of drug-likeness (QED) is 0.0253. The molecule has 0 radical (unpaired) electrons. The molecule has 12 rings (SSSR count). The van der Waals surface area contributed by atoms with Crippen molar-refractivity contribution in [3.8, 4) is 23.0 Å². The number of nitrogens with zero attached hydrogens (tertiary/aromatic N) is 7. The molecule has 0 amide bonds. The maximum Gasteiger partial charge on any atom is 0.530 e. The van der Waals surface area contributed by atoms with Crippen LogP contribution >= 0.6 is 38.8 Å². The van der Waals surface area contributed by atoms with Crippen LogP contribution in [0.5, 0.6) is 23.0 Å². The fourth-order valence-corrected chi connectivity index (χ4v) is 14.3. The molecule has 0 spiro atoms. The number of aliphatic hydroxyl groups excluding tert-OH is 3. The highest BCUT2D eigenvalue weighted by atomic mass is 35.5. The molecule has 2 unspecified atom stereocenters. The summed E-state index contributed by atoms with van der Waals surface area (Å²) in [5, 5.41) is 35.5. The number of aliphatic hydroxyl groups is 3. The Morgan fingerprint density at radius 2 is 1.20 bits per heavy atom. The number of aryl methyl sites for hydroxylation is 1. The number of H-pyrrole nitrogens is 1. The minimum absolute atomic E-state index is 0.0403. The van der Waals surface area contributed by atoms with Gasteiger partial charge in [0.2, 0.25) is 0 Å². The molecule has 7 heterocycles. The number of imidazole rings is 1. The van der Waals surface area contributed by atoms with Crippen molar-refractivity contribution < 1.29 is 80.0 Å². The maximum atomic E-state index is 16.1. The number of anilines is 2. The number of hydrogen-bond donors (Lipinski definition) is 6. The highest BCUT2D eigenvalue weighted by Gasteiger charge is 2.54. The van der Waals surface area contributed by atoms with E-state index in [0.717, 1.165) is 15.5 Å². The Hall–Kier alpha value is -8.39. The van der Waals surface area contributed by atoms with Crippen LogP contribution in [0.3, 0.4) is 0 Å². The van der Waals surface area contributed by atoms with Gasteiger partial charge in [0, 0.05) is 34.4 Å². The van der Waals surface area contributed by atoms with Gasteiger partial charge >= 0.3 is 27.0 Å². The number of ether oxygens (including phenoxy) is 6. The summed E-state index contributed by atoms with van der Waals surface area (Å²) in [7, 11) is -7.42. The number of phosphoric ester groups is 2. The molecule has 3 fully saturated rings.